The molecule has 0 aromatic heterocycles. The van der Waals surface area contributed by atoms with E-state index in [2.05, 4.69) is 0 Å². The zero-order valence-corrected chi connectivity index (χ0v) is 12.4. The molecule has 4 heteroatoms. The normalized spacial score (nSPS) is 10.4. The lowest BCUT2D eigenvalue weighted by atomic mass is 10.1. The molecule has 0 spiro atoms. The minimum atomic E-state index is 0.0423. The molecule has 0 radical (unpaired) electrons. The van der Waals surface area contributed by atoms with Crippen molar-refractivity contribution < 1.29 is 4.79 Å². The zero-order valence-electron chi connectivity index (χ0n) is 10.9. The minimum absolute atomic E-state index is 0.0423. The highest BCUT2D eigenvalue weighted by atomic mass is 35.5. The molecule has 0 bridgehead atoms. The SMILES string of the molecule is Cc1cc(C(=O)N(C)CCCCCCl)ccc1Cl. The number of hydrogen-bond acceptors (Lipinski definition) is 1. The van der Waals surface area contributed by atoms with Crippen LogP contribution in [0.4, 0.5) is 0 Å². The molecule has 0 fully saturated rings. The average molecular weight is 288 g/mol. The number of amides is 1. The van der Waals surface area contributed by atoms with E-state index in [4.69, 9.17) is 23.2 Å². The van der Waals surface area contributed by atoms with Gasteiger partial charge >= 0.3 is 0 Å². The summed E-state index contributed by atoms with van der Waals surface area (Å²) >= 11 is 11.6. The van der Waals surface area contributed by atoms with Crippen molar-refractivity contribution in [2.45, 2.75) is 26.2 Å². The van der Waals surface area contributed by atoms with Gasteiger partial charge in [0.25, 0.3) is 5.91 Å². The Bertz CT molecular complexity index is 407. The highest BCUT2D eigenvalue weighted by Gasteiger charge is 2.11. The second-order valence-electron chi connectivity index (χ2n) is 4.44. The number of nitrogens with zero attached hydrogens (tertiary/aromatic N) is 1. The van der Waals surface area contributed by atoms with Crippen molar-refractivity contribution in [3.63, 3.8) is 0 Å². The van der Waals surface area contributed by atoms with Crippen molar-refractivity contribution in [3.05, 3.63) is 34.3 Å². The maximum absolute atomic E-state index is 12.1. The Labute approximate surface area is 119 Å². The summed E-state index contributed by atoms with van der Waals surface area (Å²) in [7, 11) is 1.83. The predicted molar refractivity (Wildman–Crippen MR) is 77.7 cm³/mol. The first-order valence-corrected chi connectivity index (χ1v) is 7.05. The summed E-state index contributed by atoms with van der Waals surface area (Å²) in [4.78, 5) is 13.9. The Morgan fingerprint density at radius 2 is 2.00 bits per heavy atom. The fraction of sp³-hybridized carbons (Fsp3) is 0.500. The van der Waals surface area contributed by atoms with Gasteiger partial charge in [0, 0.05) is 30.1 Å². The molecule has 0 aliphatic carbocycles. The average Bonchev–Trinajstić information content (AvgIpc) is 2.37. The van der Waals surface area contributed by atoms with Gasteiger partial charge in [-0.05, 0) is 43.5 Å². The molecular weight excluding hydrogens is 269 g/mol. The van der Waals surface area contributed by atoms with Gasteiger partial charge in [-0.2, -0.15) is 0 Å². The predicted octanol–water partition coefficient (Wildman–Crippen LogP) is 4.13. The topological polar surface area (TPSA) is 20.3 Å². The van der Waals surface area contributed by atoms with E-state index < -0.39 is 0 Å². The second-order valence-corrected chi connectivity index (χ2v) is 5.23. The van der Waals surface area contributed by atoms with Crippen LogP contribution in [0.25, 0.3) is 0 Å². The van der Waals surface area contributed by atoms with Crippen molar-refractivity contribution >= 4 is 29.1 Å². The molecule has 0 aliphatic rings. The van der Waals surface area contributed by atoms with Gasteiger partial charge in [-0.1, -0.05) is 18.0 Å². The van der Waals surface area contributed by atoms with Gasteiger partial charge in [0.15, 0.2) is 0 Å². The van der Waals surface area contributed by atoms with Crippen molar-refractivity contribution in [1.82, 2.24) is 4.90 Å². The monoisotopic (exact) mass is 287 g/mol. The largest absolute Gasteiger partial charge is 0.342 e. The zero-order chi connectivity index (χ0) is 13.5. The molecule has 100 valence electrons. The molecule has 1 aromatic rings. The van der Waals surface area contributed by atoms with Gasteiger partial charge in [0.1, 0.15) is 0 Å². The Kier molecular flexibility index (Phi) is 6.51. The van der Waals surface area contributed by atoms with E-state index in [1.165, 1.54) is 0 Å². The van der Waals surface area contributed by atoms with Gasteiger partial charge in [0.2, 0.25) is 0 Å². The number of rotatable bonds is 6. The summed E-state index contributed by atoms with van der Waals surface area (Å²) in [6.45, 7) is 2.66. The first-order chi connectivity index (χ1) is 8.56. The van der Waals surface area contributed by atoms with Crippen LogP contribution in [-0.4, -0.2) is 30.3 Å². The van der Waals surface area contributed by atoms with Crippen molar-refractivity contribution in [2.75, 3.05) is 19.5 Å². The molecule has 0 saturated heterocycles. The fourth-order valence-corrected chi connectivity index (χ4v) is 2.03. The van der Waals surface area contributed by atoms with Gasteiger partial charge in [-0.25, -0.2) is 0 Å². The maximum Gasteiger partial charge on any atom is 0.253 e. The number of carbonyl (C=O) groups excluding carboxylic acids is 1. The molecule has 0 aliphatic heterocycles. The maximum atomic E-state index is 12.1. The summed E-state index contributed by atoms with van der Waals surface area (Å²) in [5.41, 5.74) is 1.62. The van der Waals surface area contributed by atoms with E-state index in [1.807, 2.05) is 20.0 Å². The van der Waals surface area contributed by atoms with Crippen LogP contribution < -0.4 is 0 Å². The molecule has 0 saturated carbocycles. The van der Waals surface area contributed by atoms with Crippen LogP contribution in [0.2, 0.25) is 5.02 Å². The summed E-state index contributed by atoms with van der Waals surface area (Å²) in [6, 6.07) is 5.37. The van der Waals surface area contributed by atoms with E-state index in [-0.39, 0.29) is 5.91 Å². The number of hydrogen-bond donors (Lipinski definition) is 0. The van der Waals surface area contributed by atoms with E-state index in [9.17, 15) is 4.79 Å². The van der Waals surface area contributed by atoms with Crippen LogP contribution in [0, 0.1) is 6.92 Å². The number of halogens is 2. The molecule has 2 nitrogen and oxygen atoms in total. The molecule has 0 unspecified atom stereocenters. The molecule has 0 heterocycles. The van der Waals surface area contributed by atoms with Crippen LogP contribution in [0.15, 0.2) is 18.2 Å². The summed E-state index contributed by atoms with van der Waals surface area (Å²) in [6.07, 6.45) is 3.05. The highest BCUT2D eigenvalue weighted by molar-refractivity contribution is 6.31. The summed E-state index contributed by atoms with van der Waals surface area (Å²) in [5.74, 6) is 0.731. The van der Waals surface area contributed by atoms with Gasteiger partial charge in [0.05, 0.1) is 0 Å². The molecule has 18 heavy (non-hydrogen) atoms. The lowest BCUT2D eigenvalue weighted by Gasteiger charge is -2.17. The first-order valence-electron chi connectivity index (χ1n) is 6.14. The molecular formula is C14H19Cl2NO. The van der Waals surface area contributed by atoms with Crippen LogP contribution >= 0.6 is 23.2 Å². The molecule has 1 rings (SSSR count). The lowest BCUT2D eigenvalue weighted by Crippen LogP contribution is -2.27. The Morgan fingerprint density at radius 1 is 1.28 bits per heavy atom. The summed E-state index contributed by atoms with van der Waals surface area (Å²) < 4.78 is 0. The van der Waals surface area contributed by atoms with Crippen LogP contribution in [-0.2, 0) is 0 Å². The van der Waals surface area contributed by atoms with Crippen molar-refractivity contribution in [2.24, 2.45) is 0 Å². The van der Waals surface area contributed by atoms with Gasteiger partial charge < -0.3 is 4.90 Å². The van der Waals surface area contributed by atoms with Crippen molar-refractivity contribution in [3.8, 4) is 0 Å². The fourth-order valence-electron chi connectivity index (χ4n) is 1.72. The number of carbonyl (C=O) groups is 1. The van der Waals surface area contributed by atoms with E-state index in [0.29, 0.717) is 16.5 Å². The molecule has 1 aromatic carbocycles. The van der Waals surface area contributed by atoms with Crippen LogP contribution in [0.3, 0.4) is 0 Å². The lowest BCUT2D eigenvalue weighted by molar-refractivity contribution is 0.0792. The Balaban J connectivity index is 2.54. The number of alkyl halides is 1. The third kappa shape index (κ3) is 4.51. The van der Waals surface area contributed by atoms with Gasteiger partial charge in [-0.3, -0.25) is 4.79 Å². The van der Waals surface area contributed by atoms with Crippen molar-refractivity contribution in [1.29, 1.82) is 0 Å². The van der Waals surface area contributed by atoms with E-state index in [0.717, 1.165) is 31.4 Å². The highest BCUT2D eigenvalue weighted by Crippen LogP contribution is 2.17. The molecule has 0 atom stereocenters. The molecule has 1 amide bonds. The quantitative estimate of drug-likeness (QED) is 0.569. The summed E-state index contributed by atoms with van der Waals surface area (Å²) in [5, 5.41) is 0.691. The number of unbranched alkanes of at least 4 members (excludes halogenated alkanes) is 2. The Morgan fingerprint density at radius 3 is 2.61 bits per heavy atom. The number of aryl methyl sites for hydroxylation is 1. The third-order valence-electron chi connectivity index (χ3n) is 2.88. The minimum Gasteiger partial charge on any atom is -0.342 e. The van der Waals surface area contributed by atoms with Crippen LogP contribution in [0.5, 0.6) is 0 Å². The van der Waals surface area contributed by atoms with E-state index >= 15 is 0 Å². The second kappa shape index (κ2) is 7.65. The number of benzene rings is 1. The van der Waals surface area contributed by atoms with E-state index in [1.54, 1.807) is 17.0 Å². The van der Waals surface area contributed by atoms with Crippen LogP contribution in [0.1, 0.15) is 35.2 Å². The third-order valence-corrected chi connectivity index (χ3v) is 3.57. The molecule has 0 N–H and O–H groups in total. The Hall–Kier alpha value is -0.730. The first kappa shape index (κ1) is 15.3. The standard InChI is InChI=1S/C14H19Cl2NO/c1-11-10-12(6-7-13(11)16)14(18)17(2)9-5-3-4-8-15/h6-7,10H,3-5,8-9H2,1-2H3. The smallest absolute Gasteiger partial charge is 0.253 e. The van der Waals surface area contributed by atoms with Gasteiger partial charge in [-0.15, -0.1) is 11.6 Å².